The van der Waals surface area contributed by atoms with Crippen molar-refractivity contribution in [3.05, 3.63) is 71.8 Å². The van der Waals surface area contributed by atoms with Gasteiger partial charge in [0.25, 0.3) is 11.8 Å². The number of benzene rings is 2. The van der Waals surface area contributed by atoms with Crippen LogP contribution in [0.2, 0.25) is 0 Å². The molecule has 0 aromatic heterocycles. The van der Waals surface area contributed by atoms with Crippen molar-refractivity contribution >= 4 is 11.8 Å². The molecule has 142 valence electrons. The van der Waals surface area contributed by atoms with E-state index in [4.69, 9.17) is 0 Å². The van der Waals surface area contributed by atoms with Gasteiger partial charge >= 0.3 is 0 Å². The maximum atomic E-state index is 13.0. The quantitative estimate of drug-likeness (QED) is 0.628. The van der Waals surface area contributed by atoms with Crippen molar-refractivity contribution in [3.63, 3.8) is 0 Å². The van der Waals surface area contributed by atoms with Crippen molar-refractivity contribution in [1.82, 2.24) is 10.2 Å². The van der Waals surface area contributed by atoms with Crippen LogP contribution >= 0.6 is 0 Å². The topological polar surface area (TPSA) is 49.4 Å². The normalized spacial score (nSPS) is 16.7. The van der Waals surface area contributed by atoms with E-state index in [0.717, 1.165) is 25.7 Å². The highest BCUT2D eigenvalue weighted by molar-refractivity contribution is 6.10. The fraction of sp³-hybridized carbons (Fsp3) is 0.391. The Morgan fingerprint density at radius 1 is 0.889 bits per heavy atom. The van der Waals surface area contributed by atoms with E-state index >= 15 is 0 Å². The van der Waals surface area contributed by atoms with E-state index in [1.165, 1.54) is 4.90 Å². The number of nitrogens with zero attached hydrogens (tertiary/aromatic N) is 1. The van der Waals surface area contributed by atoms with Gasteiger partial charge in [0, 0.05) is 17.2 Å². The molecule has 0 saturated heterocycles. The largest absolute Gasteiger partial charge is 0.297 e. The molecule has 3 rings (SSSR count). The Morgan fingerprint density at radius 2 is 1.33 bits per heavy atom. The number of hydrogen-bond acceptors (Lipinski definition) is 3. The van der Waals surface area contributed by atoms with Gasteiger partial charge in [-0.2, -0.15) is 0 Å². The third-order valence-electron chi connectivity index (χ3n) is 5.41. The minimum atomic E-state index is -0.270. The Labute approximate surface area is 161 Å². The van der Waals surface area contributed by atoms with E-state index < -0.39 is 0 Å². The van der Waals surface area contributed by atoms with Gasteiger partial charge in [-0.15, -0.1) is 0 Å². The van der Waals surface area contributed by atoms with E-state index in [1.54, 1.807) is 24.3 Å². The van der Waals surface area contributed by atoms with Gasteiger partial charge in [-0.3, -0.25) is 19.8 Å². The first-order chi connectivity index (χ1) is 13.0. The van der Waals surface area contributed by atoms with Crippen LogP contribution in [0, 0.1) is 5.41 Å². The van der Waals surface area contributed by atoms with Crippen LogP contribution in [-0.4, -0.2) is 29.4 Å². The molecule has 0 radical (unpaired) electrons. The van der Waals surface area contributed by atoms with Crippen molar-refractivity contribution in [1.29, 1.82) is 0 Å². The van der Waals surface area contributed by atoms with E-state index in [9.17, 15) is 9.59 Å². The SMILES string of the molecule is CC1(C)CCC(NCN(C(=O)c2ccccc2)C(=O)c2ccccc2)CC1. The number of imide groups is 1. The predicted octanol–water partition coefficient (Wildman–Crippen LogP) is 4.49. The average Bonchev–Trinajstić information content (AvgIpc) is 2.70. The minimum absolute atomic E-state index is 0.229. The fourth-order valence-electron chi connectivity index (χ4n) is 3.53. The van der Waals surface area contributed by atoms with Gasteiger partial charge in [-0.25, -0.2) is 0 Å². The van der Waals surface area contributed by atoms with Crippen LogP contribution in [-0.2, 0) is 0 Å². The van der Waals surface area contributed by atoms with Crippen LogP contribution < -0.4 is 5.32 Å². The second kappa shape index (κ2) is 8.49. The minimum Gasteiger partial charge on any atom is -0.297 e. The number of carbonyl (C=O) groups excluding carboxylic acids is 2. The summed E-state index contributed by atoms with van der Waals surface area (Å²) in [7, 11) is 0. The molecule has 0 aliphatic heterocycles. The zero-order chi connectivity index (χ0) is 19.3. The molecule has 2 aromatic rings. The Kier molecular flexibility index (Phi) is 6.07. The molecule has 1 N–H and O–H groups in total. The lowest BCUT2D eigenvalue weighted by Gasteiger charge is -2.35. The average molecular weight is 364 g/mol. The van der Waals surface area contributed by atoms with Gasteiger partial charge in [0.1, 0.15) is 0 Å². The predicted molar refractivity (Wildman–Crippen MR) is 107 cm³/mol. The van der Waals surface area contributed by atoms with Crippen molar-refractivity contribution in [2.45, 2.75) is 45.6 Å². The summed E-state index contributed by atoms with van der Waals surface area (Å²) in [6.45, 7) is 4.83. The first kappa shape index (κ1) is 19.3. The zero-order valence-corrected chi connectivity index (χ0v) is 16.2. The second-order valence-corrected chi connectivity index (χ2v) is 8.07. The summed E-state index contributed by atoms with van der Waals surface area (Å²) in [5, 5.41) is 3.45. The summed E-state index contributed by atoms with van der Waals surface area (Å²) in [6, 6.07) is 18.3. The monoisotopic (exact) mass is 364 g/mol. The van der Waals surface area contributed by atoms with Gasteiger partial charge in [-0.1, -0.05) is 50.2 Å². The lowest BCUT2D eigenvalue weighted by atomic mass is 9.76. The summed E-state index contributed by atoms with van der Waals surface area (Å²) in [6.07, 6.45) is 4.45. The van der Waals surface area contributed by atoms with Gasteiger partial charge in [0.05, 0.1) is 6.67 Å². The van der Waals surface area contributed by atoms with Crippen LogP contribution in [0.25, 0.3) is 0 Å². The molecule has 4 heteroatoms. The second-order valence-electron chi connectivity index (χ2n) is 8.07. The molecule has 0 heterocycles. The number of nitrogens with one attached hydrogen (secondary N) is 1. The van der Waals surface area contributed by atoms with Crippen molar-refractivity contribution in [2.24, 2.45) is 5.41 Å². The molecule has 0 spiro atoms. The van der Waals surface area contributed by atoms with E-state index in [2.05, 4.69) is 19.2 Å². The highest BCUT2D eigenvalue weighted by atomic mass is 16.2. The Bertz CT molecular complexity index is 710. The molecule has 2 amide bonds. The third-order valence-corrected chi connectivity index (χ3v) is 5.41. The summed E-state index contributed by atoms with van der Waals surface area (Å²) >= 11 is 0. The van der Waals surface area contributed by atoms with Crippen LogP contribution in [0.15, 0.2) is 60.7 Å². The Hall–Kier alpha value is -2.46. The van der Waals surface area contributed by atoms with Gasteiger partial charge in [-0.05, 0) is 55.4 Å². The maximum absolute atomic E-state index is 13.0. The van der Waals surface area contributed by atoms with E-state index in [-0.39, 0.29) is 18.5 Å². The van der Waals surface area contributed by atoms with Gasteiger partial charge in [0.2, 0.25) is 0 Å². The summed E-state index contributed by atoms with van der Waals surface area (Å²) in [5.74, 6) is -0.541. The first-order valence-electron chi connectivity index (χ1n) is 9.66. The van der Waals surface area contributed by atoms with Crippen LogP contribution in [0.4, 0.5) is 0 Å². The lowest BCUT2D eigenvalue weighted by Crippen LogP contribution is -2.47. The molecule has 1 aliphatic carbocycles. The smallest absolute Gasteiger partial charge is 0.261 e. The Balaban J connectivity index is 1.74. The van der Waals surface area contributed by atoms with E-state index in [1.807, 2.05) is 36.4 Å². The molecular weight excluding hydrogens is 336 g/mol. The van der Waals surface area contributed by atoms with Crippen molar-refractivity contribution in [2.75, 3.05) is 6.67 Å². The summed E-state index contributed by atoms with van der Waals surface area (Å²) < 4.78 is 0. The molecule has 0 unspecified atom stereocenters. The van der Waals surface area contributed by atoms with Crippen LogP contribution in [0.5, 0.6) is 0 Å². The van der Waals surface area contributed by atoms with Gasteiger partial charge in [0.15, 0.2) is 0 Å². The molecule has 1 fully saturated rings. The number of rotatable bonds is 5. The van der Waals surface area contributed by atoms with Crippen molar-refractivity contribution < 1.29 is 9.59 Å². The zero-order valence-electron chi connectivity index (χ0n) is 16.2. The summed E-state index contributed by atoms with van der Waals surface area (Å²) in [5.41, 5.74) is 1.43. The lowest BCUT2D eigenvalue weighted by molar-refractivity contribution is 0.0589. The molecule has 27 heavy (non-hydrogen) atoms. The number of hydrogen-bond donors (Lipinski definition) is 1. The molecule has 1 saturated carbocycles. The number of carbonyl (C=O) groups is 2. The standard InChI is InChI=1S/C23H28N2O2/c1-23(2)15-13-20(14-16-23)24-17-25(21(26)18-9-5-3-6-10-18)22(27)19-11-7-4-8-12-19/h3-12,20,24H,13-17H2,1-2H3. The van der Waals surface area contributed by atoms with Crippen molar-refractivity contribution in [3.8, 4) is 0 Å². The molecular formula is C23H28N2O2. The number of amides is 2. The molecule has 1 aliphatic rings. The van der Waals surface area contributed by atoms with Crippen LogP contribution in [0.3, 0.4) is 0 Å². The molecule has 0 bridgehead atoms. The molecule has 0 atom stereocenters. The third kappa shape index (κ3) is 5.04. The highest BCUT2D eigenvalue weighted by Crippen LogP contribution is 2.34. The maximum Gasteiger partial charge on any atom is 0.261 e. The fourth-order valence-corrected chi connectivity index (χ4v) is 3.53. The first-order valence-corrected chi connectivity index (χ1v) is 9.66. The molecule has 2 aromatic carbocycles. The van der Waals surface area contributed by atoms with E-state index in [0.29, 0.717) is 22.6 Å². The van der Waals surface area contributed by atoms with Gasteiger partial charge < -0.3 is 0 Å². The van der Waals surface area contributed by atoms with Crippen LogP contribution in [0.1, 0.15) is 60.2 Å². The summed E-state index contributed by atoms with van der Waals surface area (Å²) in [4.78, 5) is 27.3. The highest BCUT2D eigenvalue weighted by Gasteiger charge is 2.29. The Morgan fingerprint density at radius 3 is 1.78 bits per heavy atom. The molecule has 4 nitrogen and oxygen atoms in total.